The smallest absolute Gasteiger partial charge is 0.337 e. The van der Waals surface area contributed by atoms with Crippen LogP contribution in [0.1, 0.15) is 16.8 Å². The van der Waals surface area contributed by atoms with E-state index in [9.17, 15) is 4.79 Å². The molecule has 0 unspecified atom stereocenters. The van der Waals surface area contributed by atoms with Crippen LogP contribution in [0.15, 0.2) is 64.5 Å². The van der Waals surface area contributed by atoms with Crippen LogP contribution < -0.4 is 5.48 Å². The van der Waals surface area contributed by atoms with Gasteiger partial charge in [0.05, 0.1) is 11.3 Å². The Morgan fingerprint density at radius 2 is 1.86 bits per heavy atom. The summed E-state index contributed by atoms with van der Waals surface area (Å²) in [6.07, 6.45) is 0.724. The third-order valence-corrected chi connectivity index (χ3v) is 4.05. The fourth-order valence-electron chi connectivity index (χ4n) is 1.94. The van der Waals surface area contributed by atoms with Gasteiger partial charge in [0.1, 0.15) is 5.84 Å². The van der Waals surface area contributed by atoms with Crippen LogP contribution in [0.25, 0.3) is 0 Å². The van der Waals surface area contributed by atoms with E-state index in [-0.39, 0.29) is 0 Å². The minimum Gasteiger partial charge on any atom is -0.337 e. The van der Waals surface area contributed by atoms with Gasteiger partial charge in [-0.2, -0.15) is 0 Å². The highest BCUT2D eigenvalue weighted by atomic mass is 32.2. The number of benzene rings is 2. The molecule has 0 fully saturated rings. The number of aliphatic imine (C=N–C) groups is 1. The summed E-state index contributed by atoms with van der Waals surface area (Å²) in [7, 11) is 0. The van der Waals surface area contributed by atoms with Crippen molar-refractivity contribution in [3.05, 3.63) is 60.2 Å². The van der Waals surface area contributed by atoms with Gasteiger partial charge in [0, 0.05) is 17.1 Å². The molecule has 4 nitrogen and oxygen atoms in total. The Kier molecular flexibility index (Phi) is 4.21. The van der Waals surface area contributed by atoms with Crippen molar-refractivity contribution >= 4 is 29.3 Å². The van der Waals surface area contributed by atoms with Crippen LogP contribution in [0.5, 0.6) is 0 Å². The second-order valence-electron chi connectivity index (χ2n) is 4.48. The molecule has 0 saturated carbocycles. The van der Waals surface area contributed by atoms with Gasteiger partial charge in [0.15, 0.2) is 0 Å². The van der Waals surface area contributed by atoms with E-state index >= 15 is 0 Å². The highest BCUT2D eigenvalue weighted by Gasteiger charge is 2.12. The summed E-state index contributed by atoms with van der Waals surface area (Å²) in [4.78, 5) is 22.6. The monoisotopic (exact) mass is 298 g/mol. The van der Waals surface area contributed by atoms with E-state index in [0.717, 1.165) is 22.8 Å². The van der Waals surface area contributed by atoms with Crippen LogP contribution in [-0.2, 0) is 4.84 Å². The Bertz CT molecular complexity index is 671. The predicted molar refractivity (Wildman–Crippen MR) is 83.9 cm³/mol. The maximum absolute atomic E-state index is 11.9. The Labute approximate surface area is 127 Å². The molecule has 0 bridgehead atoms. The van der Waals surface area contributed by atoms with Crippen molar-refractivity contribution in [3.63, 3.8) is 0 Å². The van der Waals surface area contributed by atoms with Gasteiger partial charge >= 0.3 is 5.97 Å². The van der Waals surface area contributed by atoms with E-state index in [4.69, 9.17) is 4.84 Å². The van der Waals surface area contributed by atoms with Gasteiger partial charge in [-0.05, 0) is 24.3 Å². The Hall–Kier alpha value is -2.27. The second-order valence-corrected chi connectivity index (χ2v) is 5.62. The van der Waals surface area contributed by atoms with Crippen molar-refractivity contribution in [1.29, 1.82) is 0 Å². The first-order chi connectivity index (χ1) is 10.3. The van der Waals surface area contributed by atoms with Crippen molar-refractivity contribution in [3.8, 4) is 0 Å². The van der Waals surface area contributed by atoms with Crippen molar-refractivity contribution in [1.82, 2.24) is 5.48 Å². The fourth-order valence-corrected chi connectivity index (χ4v) is 2.89. The molecule has 1 N–H and O–H groups in total. The van der Waals surface area contributed by atoms with Gasteiger partial charge in [0.2, 0.25) is 0 Å². The molecule has 21 heavy (non-hydrogen) atoms. The fraction of sp³-hybridized carbons (Fsp3) is 0.125. The normalized spacial score (nSPS) is 13.6. The lowest BCUT2D eigenvalue weighted by Gasteiger charge is -2.08. The standard InChI is InChI=1S/C16H14N2O2S/c19-16(12-6-2-1-3-7-12)20-18-15-10-11-21-14-9-5-4-8-13(14)17-15/h1-9H,10-11H2,(H,17,18). The molecule has 2 aromatic carbocycles. The first kappa shape index (κ1) is 13.7. The first-order valence-corrected chi connectivity index (χ1v) is 7.63. The molecular weight excluding hydrogens is 284 g/mol. The molecule has 1 aliphatic rings. The summed E-state index contributed by atoms with van der Waals surface area (Å²) in [5, 5.41) is 0. The quantitative estimate of drug-likeness (QED) is 0.818. The van der Waals surface area contributed by atoms with E-state index in [1.54, 1.807) is 36.0 Å². The lowest BCUT2D eigenvalue weighted by molar-refractivity contribution is 0.0383. The zero-order chi connectivity index (χ0) is 14.5. The van der Waals surface area contributed by atoms with Crippen molar-refractivity contribution < 1.29 is 9.63 Å². The summed E-state index contributed by atoms with van der Waals surface area (Å²) >= 11 is 1.75. The number of hydroxylamine groups is 1. The zero-order valence-corrected chi connectivity index (χ0v) is 12.1. The van der Waals surface area contributed by atoms with E-state index in [1.165, 1.54) is 0 Å². The van der Waals surface area contributed by atoms with E-state index < -0.39 is 5.97 Å². The third-order valence-electron chi connectivity index (χ3n) is 2.99. The number of nitrogens with zero attached hydrogens (tertiary/aromatic N) is 1. The average Bonchev–Trinajstić information content (AvgIpc) is 2.75. The van der Waals surface area contributed by atoms with E-state index in [1.807, 2.05) is 30.3 Å². The number of rotatable bonds is 1. The lowest BCUT2D eigenvalue weighted by Crippen LogP contribution is -2.27. The summed E-state index contributed by atoms with van der Waals surface area (Å²) in [6.45, 7) is 0. The molecule has 0 radical (unpaired) electrons. The van der Waals surface area contributed by atoms with Crippen LogP contribution in [-0.4, -0.2) is 17.6 Å². The van der Waals surface area contributed by atoms with Crippen LogP contribution in [0.2, 0.25) is 0 Å². The number of hydrogen-bond donors (Lipinski definition) is 1. The maximum atomic E-state index is 11.9. The third kappa shape index (κ3) is 3.44. The Morgan fingerprint density at radius 1 is 1.10 bits per heavy atom. The van der Waals surface area contributed by atoms with Crippen molar-refractivity contribution in [2.45, 2.75) is 11.3 Å². The molecule has 2 aromatic rings. The molecule has 0 atom stereocenters. The molecule has 1 heterocycles. The SMILES string of the molecule is O=C(ONC1=Nc2ccccc2SCC1)c1ccccc1. The highest BCUT2D eigenvalue weighted by molar-refractivity contribution is 7.99. The van der Waals surface area contributed by atoms with Gasteiger partial charge in [-0.3, -0.25) is 0 Å². The largest absolute Gasteiger partial charge is 0.362 e. The average molecular weight is 298 g/mol. The number of fused-ring (bicyclic) bond motifs is 1. The predicted octanol–water partition coefficient (Wildman–Crippen LogP) is 3.57. The molecule has 0 aromatic heterocycles. The summed E-state index contributed by atoms with van der Waals surface area (Å²) in [5.41, 5.74) is 4.10. The molecule has 106 valence electrons. The highest BCUT2D eigenvalue weighted by Crippen LogP contribution is 2.32. The zero-order valence-electron chi connectivity index (χ0n) is 11.3. The molecule has 0 spiro atoms. The number of thioether (sulfide) groups is 1. The first-order valence-electron chi connectivity index (χ1n) is 6.64. The topological polar surface area (TPSA) is 50.7 Å². The molecule has 3 rings (SSSR count). The van der Waals surface area contributed by atoms with Gasteiger partial charge < -0.3 is 4.84 Å². The minimum atomic E-state index is -0.413. The Morgan fingerprint density at radius 3 is 2.71 bits per heavy atom. The number of para-hydroxylation sites is 1. The van der Waals surface area contributed by atoms with E-state index in [0.29, 0.717) is 11.4 Å². The number of hydrogen-bond acceptors (Lipinski definition) is 5. The number of amidine groups is 1. The van der Waals surface area contributed by atoms with Gasteiger partial charge in [-0.25, -0.2) is 15.3 Å². The molecule has 0 amide bonds. The minimum absolute atomic E-state index is 0.413. The second kappa shape index (κ2) is 6.45. The molecule has 1 aliphatic heterocycles. The number of carbonyl (C=O) groups excluding carboxylic acids is 1. The van der Waals surface area contributed by atoms with Crippen molar-refractivity contribution in [2.75, 3.05) is 5.75 Å². The summed E-state index contributed by atoms with van der Waals surface area (Å²) in [6, 6.07) is 16.8. The number of nitrogens with one attached hydrogen (secondary N) is 1. The summed E-state index contributed by atoms with van der Waals surface area (Å²) in [5.74, 6) is 1.14. The van der Waals surface area contributed by atoms with Crippen LogP contribution >= 0.6 is 11.8 Å². The van der Waals surface area contributed by atoms with Gasteiger partial charge in [0.25, 0.3) is 0 Å². The van der Waals surface area contributed by atoms with Crippen LogP contribution in [0, 0.1) is 0 Å². The maximum Gasteiger partial charge on any atom is 0.362 e. The van der Waals surface area contributed by atoms with E-state index in [2.05, 4.69) is 10.5 Å². The van der Waals surface area contributed by atoms with Crippen molar-refractivity contribution in [2.24, 2.45) is 4.99 Å². The lowest BCUT2D eigenvalue weighted by atomic mass is 10.2. The van der Waals surface area contributed by atoms with Gasteiger partial charge in [-0.15, -0.1) is 11.8 Å². The molecule has 0 aliphatic carbocycles. The molecule has 0 saturated heterocycles. The van der Waals surface area contributed by atoms with Gasteiger partial charge in [-0.1, -0.05) is 30.3 Å². The molecule has 5 heteroatoms. The number of carbonyl (C=O) groups is 1. The molecular formula is C16H14N2O2S. The Balaban J connectivity index is 1.68. The van der Waals surface area contributed by atoms with Crippen LogP contribution in [0.4, 0.5) is 5.69 Å². The van der Waals surface area contributed by atoms with Crippen LogP contribution in [0.3, 0.4) is 0 Å². The summed E-state index contributed by atoms with van der Waals surface area (Å²) < 4.78 is 0.